The minimum Gasteiger partial charge on any atom is -0.494 e. The summed E-state index contributed by atoms with van der Waals surface area (Å²) in [5.41, 5.74) is 6.67. The van der Waals surface area contributed by atoms with Crippen molar-refractivity contribution in [3.63, 3.8) is 0 Å². The van der Waals surface area contributed by atoms with E-state index in [9.17, 15) is 13.2 Å². The fraction of sp³-hybridized carbons (Fsp3) is 0.462. The van der Waals surface area contributed by atoms with Gasteiger partial charge in [-0.25, -0.2) is 13.9 Å². The monoisotopic (exact) mass is 331 g/mol. The van der Waals surface area contributed by atoms with Gasteiger partial charge in [-0.2, -0.15) is 4.72 Å². The standard InChI is InChI=1S/C13H21N3O5S/c1-2-3-8-21-10-4-6-11(7-5-10)22(19,20)16-12(9-14)13(17)15-18/h4-7,12,16,18H,2-3,8-9,14H2,1H3,(H,15,17)/t12-/m1/s1. The van der Waals surface area contributed by atoms with Crippen molar-refractivity contribution in [3.8, 4) is 5.75 Å². The van der Waals surface area contributed by atoms with E-state index in [4.69, 9.17) is 15.7 Å². The average Bonchev–Trinajstić information content (AvgIpc) is 2.52. The first-order valence-corrected chi connectivity index (χ1v) is 8.32. The Balaban J connectivity index is 2.78. The van der Waals surface area contributed by atoms with Crippen molar-refractivity contribution in [2.45, 2.75) is 30.7 Å². The van der Waals surface area contributed by atoms with E-state index >= 15 is 0 Å². The van der Waals surface area contributed by atoms with Crippen LogP contribution in [0.4, 0.5) is 0 Å². The summed E-state index contributed by atoms with van der Waals surface area (Å²) < 4.78 is 31.8. The lowest BCUT2D eigenvalue weighted by Crippen LogP contribution is -2.49. The molecular weight excluding hydrogens is 310 g/mol. The molecule has 1 amide bonds. The van der Waals surface area contributed by atoms with Crippen LogP contribution in [0.5, 0.6) is 5.75 Å². The van der Waals surface area contributed by atoms with Gasteiger partial charge < -0.3 is 10.5 Å². The molecule has 0 fully saturated rings. The topological polar surface area (TPSA) is 131 Å². The molecule has 0 saturated carbocycles. The number of ether oxygens (including phenoxy) is 1. The van der Waals surface area contributed by atoms with Gasteiger partial charge in [0.05, 0.1) is 11.5 Å². The van der Waals surface area contributed by atoms with E-state index in [1.807, 2.05) is 6.92 Å². The second kappa shape index (κ2) is 8.69. The molecule has 8 nitrogen and oxygen atoms in total. The summed E-state index contributed by atoms with van der Waals surface area (Å²) in [6.07, 6.45) is 1.92. The maximum Gasteiger partial charge on any atom is 0.262 e. The second-order valence-electron chi connectivity index (χ2n) is 4.56. The highest BCUT2D eigenvalue weighted by Gasteiger charge is 2.24. The summed E-state index contributed by atoms with van der Waals surface area (Å²) in [5, 5.41) is 8.54. The predicted octanol–water partition coefficient (Wildman–Crippen LogP) is -0.0235. The lowest BCUT2D eigenvalue weighted by Gasteiger charge is -2.15. The van der Waals surface area contributed by atoms with E-state index in [0.717, 1.165) is 12.8 Å². The van der Waals surface area contributed by atoms with E-state index < -0.39 is 22.0 Å². The zero-order valence-corrected chi connectivity index (χ0v) is 13.1. The zero-order valence-electron chi connectivity index (χ0n) is 12.3. The lowest BCUT2D eigenvalue weighted by molar-refractivity contribution is -0.130. The van der Waals surface area contributed by atoms with Crippen LogP contribution in [-0.2, 0) is 14.8 Å². The highest BCUT2D eigenvalue weighted by atomic mass is 32.2. The second-order valence-corrected chi connectivity index (χ2v) is 6.27. The maximum atomic E-state index is 12.1. The van der Waals surface area contributed by atoms with Gasteiger partial charge in [-0.05, 0) is 30.7 Å². The van der Waals surface area contributed by atoms with Gasteiger partial charge in [0, 0.05) is 6.54 Å². The number of rotatable bonds is 9. The van der Waals surface area contributed by atoms with E-state index in [1.54, 1.807) is 0 Å². The molecule has 0 aliphatic carbocycles. The van der Waals surface area contributed by atoms with Crippen LogP contribution >= 0.6 is 0 Å². The molecule has 0 unspecified atom stereocenters. The number of hydrogen-bond donors (Lipinski definition) is 4. The molecule has 0 aliphatic rings. The first-order chi connectivity index (χ1) is 10.4. The van der Waals surface area contributed by atoms with Crippen molar-refractivity contribution in [1.82, 2.24) is 10.2 Å². The molecule has 5 N–H and O–H groups in total. The number of benzene rings is 1. The number of nitrogens with one attached hydrogen (secondary N) is 2. The summed E-state index contributed by atoms with van der Waals surface area (Å²) >= 11 is 0. The quantitative estimate of drug-likeness (QED) is 0.286. The van der Waals surface area contributed by atoms with Gasteiger partial charge in [0.15, 0.2) is 0 Å². The highest BCUT2D eigenvalue weighted by Crippen LogP contribution is 2.16. The average molecular weight is 331 g/mol. The van der Waals surface area contributed by atoms with Crippen molar-refractivity contribution in [1.29, 1.82) is 0 Å². The molecule has 1 atom stereocenters. The largest absolute Gasteiger partial charge is 0.494 e. The molecule has 0 heterocycles. The van der Waals surface area contributed by atoms with Crippen LogP contribution in [0.3, 0.4) is 0 Å². The summed E-state index contributed by atoms with van der Waals surface area (Å²) in [4.78, 5) is 11.2. The summed E-state index contributed by atoms with van der Waals surface area (Å²) in [6, 6.07) is 4.56. The predicted molar refractivity (Wildman–Crippen MR) is 79.9 cm³/mol. The number of unbranched alkanes of at least 4 members (excludes halogenated alkanes) is 1. The van der Waals surface area contributed by atoms with Crippen LogP contribution in [0.2, 0.25) is 0 Å². The first-order valence-electron chi connectivity index (χ1n) is 6.83. The summed E-state index contributed by atoms with van der Waals surface area (Å²) in [7, 11) is -3.93. The minimum atomic E-state index is -3.93. The molecular formula is C13H21N3O5S. The molecule has 9 heteroatoms. The molecule has 0 spiro atoms. The van der Waals surface area contributed by atoms with Gasteiger partial charge in [0.1, 0.15) is 11.8 Å². The number of hydroxylamine groups is 1. The SMILES string of the molecule is CCCCOc1ccc(S(=O)(=O)N[C@H](CN)C(=O)NO)cc1. The van der Waals surface area contributed by atoms with Crippen LogP contribution in [0.15, 0.2) is 29.2 Å². The Morgan fingerprint density at radius 2 is 2.00 bits per heavy atom. The fourth-order valence-corrected chi connectivity index (χ4v) is 2.80. The molecule has 0 radical (unpaired) electrons. The third kappa shape index (κ3) is 5.26. The van der Waals surface area contributed by atoms with Gasteiger partial charge in [-0.3, -0.25) is 10.0 Å². The summed E-state index contributed by atoms with van der Waals surface area (Å²) in [6.45, 7) is 2.32. The van der Waals surface area contributed by atoms with Crippen LogP contribution in [0.1, 0.15) is 19.8 Å². The molecule has 0 aromatic heterocycles. The van der Waals surface area contributed by atoms with Crippen molar-refractivity contribution >= 4 is 15.9 Å². The van der Waals surface area contributed by atoms with E-state index in [1.165, 1.54) is 29.7 Å². The number of amides is 1. The zero-order chi connectivity index (χ0) is 16.6. The van der Waals surface area contributed by atoms with E-state index in [-0.39, 0.29) is 11.4 Å². The Labute approximate surface area is 129 Å². The Hall–Kier alpha value is -1.68. The van der Waals surface area contributed by atoms with Crippen molar-refractivity contribution in [3.05, 3.63) is 24.3 Å². The maximum absolute atomic E-state index is 12.1. The molecule has 1 aromatic carbocycles. The number of carbonyl (C=O) groups excluding carboxylic acids is 1. The van der Waals surface area contributed by atoms with E-state index in [0.29, 0.717) is 12.4 Å². The van der Waals surface area contributed by atoms with Gasteiger partial charge in [0.2, 0.25) is 10.0 Å². The van der Waals surface area contributed by atoms with Gasteiger partial charge in [-0.1, -0.05) is 13.3 Å². The Morgan fingerprint density at radius 3 is 2.50 bits per heavy atom. The van der Waals surface area contributed by atoms with Crippen LogP contribution in [0, 0.1) is 0 Å². The third-order valence-corrected chi connectivity index (χ3v) is 4.35. The van der Waals surface area contributed by atoms with E-state index in [2.05, 4.69) is 4.72 Å². The van der Waals surface area contributed by atoms with Crippen molar-refractivity contribution < 1.29 is 23.2 Å². The molecule has 22 heavy (non-hydrogen) atoms. The van der Waals surface area contributed by atoms with Crippen LogP contribution in [0.25, 0.3) is 0 Å². The fourth-order valence-electron chi connectivity index (χ4n) is 1.59. The molecule has 124 valence electrons. The number of carbonyl (C=O) groups is 1. The Bertz CT molecular complexity index is 574. The summed E-state index contributed by atoms with van der Waals surface area (Å²) in [5.74, 6) is -0.360. The Kier molecular flexibility index (Phi) is 7.25. The molecule has 0 saturated heterocycles. The lowest BCUT2D eigenvalue weighted by atomic mass is 10.3. The van der Waals surface area contributed by atoms with Crippen molar-refractivity contribution in [2.24, 2.45) is 5.73 Å². The Morgan fingerprint density at radius 1 is 1.36 bits per heavy atom. The van der Waals surface area contributed by atoms with Crippen LogP contribution in [-0.4, -0.2) is 38.7 Å². The number of nitrogens with two attached hydrogens (primary N) is 1. The highest BCUT2D eigenvalue weighted by molar-refractivity contribution is 7.89. The molecule has 1 aromatic rings. The number of sulfonamides is 1. The van der Waals surface area contributed by atoms with Crippen molar-refractivity contribution in [2.75, 3.05) is 13.2 Å². The van der Waals surface area contributed by atoms with Gasteiger partial charge in [-0.15, -0.1) is 0 Å². The smallest absolute Gasteiger partial charge is 0.262 e. The van der Waals surface area contributed by atoms with Gasteiger partial charge in [0.25, 0.3) is 5.91 Å². The molecule has 0 bridgehead atoms. The first kappa shape index (κ1) is 18.4. The van der Waals surface area contributed by atoms with Crippen LogP contribution < -0.4 is 20.7 Å². The normalized spacial score (nSPS) is 12.7. The minimum absolute atomic E-state index is 0.0282. The number of hydrogen-bond acceptors (Lipinski definition) is 6. The molecule has 0 aliphatic heterocycles. The third-order valence-electron chi connectivity index (χ3n) is 2.86. The molecule has 1 rings (SSSR count). The van der Waals surface area contributed by atoms with Gasteiger partial charge >= 0.3 is 0 Å².